The predicted octanol–water partition coefficient (Wildman–Crippen LogP) is 2.39. The maximum atomic E-state index is 11.4. The van der Waals surface area contributed by atoms with Crippen molar-refractivity contribution in [3.05, 3.63) is 29.8 Å². The Balaban J connectivity index is 2.38. The van der Waals surface area contributed by atoms with Gasteiger partial charge < -0.3 is 10.0 Å². The van der Waals surface area contributed by atoms with Gasteiger partial charge in [-0.05, 0) is 25.0 Å². The lowest BCUT2D eigenvalue weighted by Gasteiger charge is -2.29. The summed E-state index contributed by atoms with van der Waals surface area (Å²) in [5, 5.41) is 18.5. The second-order valence-corrected chi connectivity index (χ2v) is 4.53. The van der Waals surface area contributed by atoms with Crippen LogP contribution in [-0.4, -0.2) is 23.7 Å². The fraction of sp³-hybridized carbons (Fsp3) is 0.429. The molecular weight excluding hydrogens is 228 g/mol. The summed E-state index contributed by atoms with van der Waals surface area (Å²) in [4.78, 5) is 13.2. The molecule has 0 radical (unpaired) electrons. The molecule has 0 aliphatic carbocycles. The van der Waals surface area contributed by atoms with Crippen LogP contribution in [0.4, 0.5) is 5.69 Å². The zero-order valence-corrected chi connectivity index (χ0v) is 10.2. The molecule has 0 amide bonds. The van der Waals surface area contributed by atoms with E-state index in [2.05, 4.69) is 6.07 Å². The molecule has 4 heteroatoms. The summed E-state index contributed by atoms with van der Waals surface area (Å²) in [6.07, 6.45) is 3.61. The van der Waals surface area contributed by atoms with Gasteiger partial charge in [0.2, 0.25) is 0 Å². The molecule has 0 saturated carbocycles. The Morgan fingerprint density at radius 3 is 2.83 bits per heavy atom. The number of nitrogens with zero attached hydrogens (tertiary/aromatic N) is 2. The molecule has 0 aromatic heterocycles. The van der Waals surface area contributed by atoms with Crippen molar-refractivity contribution in [1.29, 1.82) is 5.26 Å². The maximum Gasteiger partial charge on any atom is 0.326 e. The molecule has 1 N–H and O–H groups in total. The third-order valence-electron chi connectivity index (χ3n) is 3.37. The fourth-order valence-corrected chi connectivity index (χ4v) is 2.47. The molecule has 2 rings (SSSR count). The van der Waals surface area contributed by atoms with E-state index in [1.54, 1.807) is 12.1 Å². The number of rotatable bonds is 2. The van der Waals surface area contributed by atoms with Crippen LogP contribution in [-0.2, 0) is 4.79 Å². The summed E-state index contributed by atoms with van der Waals surface area (Å²) >= 11 is 0. The summed E-state index contributed by atoms with van der Waals surface area (Å²) in [5.74, 6) is -0.801. The van der Waals surface area contributed by atoms with E-state index in [0.29, 0.717) is 18.5 Å². The first-order chi connectivity index (χ1) is 8.74. The fourth-order valence-electron chi connectivity index (χ4n) is 2.47. The molecule has 94 valence electrons. The SMILES string of the molecule is N#Cc1ccccc1N1CCCCCC1C(=O)O. The predicted molar refractivity (Wildman–Crippen MR) is 68.4 cm³/mol. The minimum Gasteiger partial charge on any atom is -0.480 e. The van der Waals surface area contributed by atoms with E-state index in [1.165, 1.54) is 0 Å². The van der Waals surface area contributed by atoms with Gasteiger partial charge in [0.15, 0.2) is 0 Å². The highest BCUT2D eigenvalue weighted by atomic mass is 16.4. The molecule has 1 unspecified atom stereocenters. The molecule has 1 fully saturated rings. The number of hydrogen-bond donors (Lipinski definition) is 1. The minimum absolute atomic E-state index is 0.512. The van der Waals surface area contributed by atoms with E-state index >= 15 is 0 Å². The number of aliphatic carboxylic acids is 1. The zero-order valence-electron chi connectivity index (χ0n) is 10.2. The van der Waals surface area contributed by atoms with Gasteiger partial charge in [-0.25, -0.2) is 4.79 Å². The van der Waals surface area contributed by atoms with Crippen molar-refractivity contribution in [2.75, 3.05) is 11.4 Å². The number of nitriles is 1. The highest BCUT2D eigenvalue weighted by molar-refractivity contribution is 5.79. The maximum absolute atomic E-state index is 11.4. The van der Waals surface area contributed by atoms with Crippen LogP contribution in [0.3, 0.4) is 0 Å². The van der Waals surface area contributed by atoms with E-state index in [-0.39, 0.29) is 0 Å². The summed E-state index contributed by atoms with van der Waals surface area (Å²) in [5.41, 5.74) is 1.29. The van der Waals surface area contributed by atoms with Crippen molar-refractivity contribution < 1.29 is 9.90 Å². The van der Waals surface area contributed by atoms with Crippen LogP contribution in [0.25, 0.3) is 0 Å². The molecule has 1 aromatic carbocycles. The lowest BCUT2D eigenvalue weighted by atomic mass is 10.1. The summed E-state index contributed by atoms with van der Waals surface area (Å²) < 4.78 is 0. The lowest BCUT2D eigenvalue weighted by Crippen LogP contribution is -2.41. The summed E-state index contributed by atoms with van der Waals surface area (Å²) in [6, 6.07) is 8.84. The number of benzene rings is 1. The number of carboxylic acids is 1. The van der Waals surface area contributed by atoms with E-state index in [1.807, 2.05) is 17.0 Å². The van der Waals surface area contributed by atoms with Gasteiger partial charge in [-0.15, -0.1) is 0 Å². The molecule has 1 saturated heterocycles. The molecule has 1 aliphatic rings. The molecule has 1 atom stereocenters. The normalized spacial score (nSPS) is 19.9. The molecule has 0 spiro atoms. The second-order valence-electron chi connectivity index (χ2n) is 4.53. The number of para-hydroxylation sites is 1. The standard InChI is InChI=1S/C14H16N2O2/c15-10-11-6-3-4-7-12(11)16-9-5-1-2-8-13(16)14(17)18/h3-4,6-7,13H,1-2,5,8-9H2,(H,17,18). The largest absolute Gasteiger partial charge is 0.480 e. The molecular formula is C14H16N2O2. The molecule has 1 heterocycles. The van der Waals surface area contributed by atoms with Crippen molar-refractivity contribution in [2.24, 2.45) is 0 Å². The lowest BCUT2D eigenvalue weighted by molar-refractivity contribution is -0.138. The molecule has 1 aromatic rings. The van der Waals surface area contributed by atoms with E-state index < -0.39 is 12.0 Å². The van der Waals surface area contributed by atoms with E-state index in [4.69, 9.17) is 5.26 Å². The molecule has 0 bridgehead atoms. The Morgan fingerprint density at radius 2 is 2.11 bits per heavy atom. The van der Waals surface area contributed by atoms with Gasteiger partial charge in [0, 0.05) is 6.54 Å². The quantitative estimate of drug-likeness (QED) is 0.867. The topological polar surface area (TPSA) is 64.3 Å². The van der Waals surface area contributed by atoms with Gasteiger partial charge in [0.05, 0.1) is 11.3 Å². The Bertz CT molecular complexity index is 479. The molecule has 1 aliphatic heterocycles. The van der Waals surface area contributed by atoms with Crippen molar-refractivity contribution in [3.8, 4) is 6.07 Å². The second kappa shape index (κ2) is 5.54. The van der Waals surface area contributed by atoms with E-state index in [9.17, 15) is 9.90 Å². The number of anilines is 1. The molecule has 18 heavy (non-hydrogen) atoms. The van der Waals surface area contributed by atoms with Crippen LogP contribution in [0, 0.1) is 11.3 Å². The molecule has 4 nitrogen and oxygen atoms in total. The van der Waals surface area contributed by atoms with E-state index in [0.717, 1.165) is 24.9 Å². The minimum atomic E-state index is -0.801. The van der Waals surface area contributed by atoms with Crippen molar-refractivity contribution in [2.45, 2.75) is 31.7 Å². The summed E-state index contributed by atoms with van der Waals surface area (Å²) in [7, 11) is 0. The number of hydrogen-bond acceptors (Lipinski definition) is 3. The Morgan fingerprint density at radius 1 is 1.33 bits per heavy atom. The Labute approximate surface area is 106 Å². The Kier molecular flexibility index (Phi) is 3.83. The smallest absolute Gasteiger partial charge is 0.326 e. The van der Waals surface area contributed by atoms with Crippen molar-refractivity contribution in [1.82, 2.24) is 0 Å². The summed E-state index contributed by atoms with van der Waals surface area (Å²) in [6.45, 7) is 0.704. The van der Waals surface area contributed by atoms with Crippen molar-refractivity contribution in [3.63, 3.8) is 0 Å². The highest BCUT2D eigenvalue weighted by Gasteiger charge is 2.28. The first-order valence-corrected chi connectivity index (χ1v) is 6.22. The van der Waals surface area contributed by atoms with Gasteiger partial charge in [0.1, 0.15) is 12.1 Å². The van der Waals surface area contributed by atoms with Gasteiger partial charge in [0.25, 0.3) is 0 Å². The van der Waals surface area contributed by atoms with Crippen LogP contribution in [0.1, 0.15) is 31.2 Å². The van der Waals surface area contributed by atoms with Gasteiger partial charge in [-0.1, -0.05) is 25.0 Å². The van der Waals surface area contributed by atoms with Crippen LogP contribution >= 0.6 is 0 Å². The average molecular weight is 244 g/mol. The zero-order chi connectivity index (χ0) is 13.0. The first-order valence-electron chi connectivity index (χ1n) is 6.22. The number of carboxylic acid groups (broad SMARTS) is 1. The third kappa shape index (κ3) is 2.45. The monoisotopic (exact) mass is 244 g/mol. The Hall–Kier alpha value is -2.02. The van der Waals surface area contributed by atoms with Gasteiger partial charge in [-0.2, -0.15) is 5.26 Å². The van der Waals surface area contributed by atoms with Crippen LogP contribution in [0.5, 0.6) is 0 Å². The van der Waals surface area contributed by atoms with Crippen molar-refractivity contribution >= 4 is 11.7 Å². The van der Waals surface area contributed by atoms with Gasteiger partial charge in [-0.3, -0.25) is 0 Å². The highest BCUT2D eigenvalue weighted by Crippen LogP contribution is 2.27. The average Bonchev–Trinajstić information content (AvgIpc) is 2.64. The first kappa shape index (κ1) is 12.4. The number of carbonyl (C=O) groups is 1. The van der Waals surface area contributed by atoms with Crippen LogP contribution in [0.2, 0.25) is 0 Å². The van der Waals surface area contributed by atoms with Crippen LogP contribution in [0.15, 0.2) is 24.3 Å². The van der Waals surface area contributed by atoms with Crippen LogP contribution < -0.4 is 4.90 Å². The van der Waals surface area contributed by atoms with Gasteiger partial charge >= 0.3 is 5.97 Å². The third-order valence-corrected chi connectivity index (χ3v) is 3.37.